The van der Waals surface area contributed by atoms with Gasteiger partial charge in [0.1, 0.15) is 18.5 Å². The van der Waals surface area contributed by atoms with E-state index in [0.29, 0.717) is 33.5 Å². The zero-order chi connectivity index (χ0) is 24.4. The van der Waals surface area contributed by atoms with Crippen LogP contribution in [0.15, 0.2) is 53.4 Å². The molecular weight excluding hydrogens is 535 g/mol. The lowest BCUT2D eigenvalue weighted by atomic mass is 10.1. The zero-order valence-corrected chi connectivity index (χ0v) is 19.9. The number of ether oxygens (including phenoxy) is 1. The fraction of sp³-hybridized carbons (Fsp3) is 0.190. The molecule has 0 amide bonds. The van der Waals surface area contributed by atoms with Gasteiger partial charge in [-0.1, -0.05) is 11.6 Å². The van der Waals surface area contributed by atoms with Crippen LogP contribution in [0.25, 0.3) is 5.69 Å². The highest BCUT2D eigenvalue weighted by Gasteiger charge is 2.23. The van der Waals surface area contributed by atoms with Crippen LogP contribution in [0.2, 0.25) is 5.15 Å². The average molecular weight is 552 g/mol. The molecule has 0 aliphatic rings. The van der Waals surface area contributed by atoms with E-state index in [1.54, 1.807) is 10.9 Å². The Morgan fingerprint density at radius 2 is 2.12 bits per heavy atom. The maximum atomic E-state index is 14.1. The van der Waals surface area contributed by atoms with Crippen molar-refractivity contribution in [1.29, 1.82) is 0 Å². The summed E-state index contributed by atoms with van der Waals surface area (Å²) in [5.41, 5.74) is 1.53. The van der Waals surface area contributed by atoms with Crippen molar-refractivity contribution in [2.75, 3.05) is 0 Å². The third kappa shape index (κ3) is 4.93. The van der Waals surface area contributed by atoms with Gasteiger partial charge in [-0.25, -0.2) is 9.07 Å². The number of hydrogen-bond acceptors (Lipinski definition) is 7. The number of halogens is 3. The standard InChI is InChI=1S/C21H17BrClFN6O4/c1-2-28-10-13(8-26-28)20(31)17-7-19(23)27-29(17)16-4-3-15(24)5-12(16)11-34-18-6-14(22)9-25-21(18)30(32)33/h3-10,20,31H,2,11H2,1H3. The van der Waals surface area contributed by atoms with Crippen molar-refractivity contribution in [3.63, 3.8) is 0 Å². The summed E-state index contributed by atoms with van der Waals surface area (Å²) in [6.07, 6.45) is 3.39. The van der Waals surface area contributed by atoms with Crippen LogP contribution >= 0.6 is 27.5 Å². The molecule has 0 radical (unpaired) electrons. The SMILES string of the molecule is CCn1cc(C(O)c2cc(Cl)nn2-c2ccc(F)cc2COc2cc(Br)cnc2[N+](=O)[O-])cn1. The largest absolute Gasteiger partial charge is 0.481 e. The highest BCUT2D eigenvalue weighted by atomic mass is 79.9. The summed E-state index contributed by atoms with van der Waals surface area (Å²) >= 11 is 9.35. The second kappa shape index (κ2) is 9.87. The molecule has 1 unspecified atom stereocenters. The van der Waals surface area contributed by atoms with Gasteiger partial charge in [-0.3, -0.25) is 4.68 Å². The maximum Gasteiger partial charge on any atom is 0.406 e. The van der Waals surface area contributed by atoms with Crippen LogP contribution in [0.3, 0.4) is 0 Å². The van der Waals surface area contributed by atoms with Gasteiger partial charge in [0.25, 0.3) is 0 Å². The molecule has 1 N–H and O–H groups in total. The van der Waals surface area contributed by atoms with E-state index in [9.17, 15) is 19.6 Å². The Morgan fingerprint density at radius 1 is 1.32 bits per heavy atom. The van der Waals surface area contributed by atoms with Gasteiger partial charge in [0.15, 0.2) is 11.3 Å². The van der Waals surface area contributed by atoms with E-state index in [0.717, 1.165) is 0 Å². The van der Waals surface area contributed by atoms with Crippen LogP contribution in [0.5, 0.6) is 5.75 Å². The molecule has 0 aliphatic carbocycles. The van der Waals surface area contributed by atoms with Gasteiger partial charge in [-0.15, -0.1) is 0 Å². The van der Waals surface area contributed by atoms with Crippen LogP contribution in [-0.2, 0) is 13.2 Å². The summed E-state index contributed by atoms with van der Waals surface area (Å²) in [6.45, 7) is 2.30. The first-order valence-electron chi connectivity index (χ1n) is 9.94. The zero-order valence-electron chi connectivity index (χ0n) is 17.6. The average Bonchev–Trinajstić information content (AvgIpc) is 3.44. The lowest BCUT2D eigenvalue weighted by Gasteiger charge is -2.16. The molecule has 13 heteroatoms. The number of nitro groups is 1. The molecule has 0 fully saturated rings. The molecule has 10 nitrogen and oxygen atoms in total. The molecule has 4 aromatic rings. The number of hydrogen-bond donors (Lipinski definition) is 1. The fourth-order valence-electron chi connectivity index (χ4n) is 3.31. The van der Waals surface area contributed by atoms with Gasteiger partial charge in [0.2, 0.25) is 5.75 Å². The summed E-state index contributed by atoms with van der Waals surface area (Å²) < 4.78 is 23.3. The summed E-state index contributed by atoms with van der Waals surface area (Å²) in [5, 5.41) is 30.8. The normalized spacial score (nSPS) is 12.0. The van der Waals surface area contributed by atoms with Gasteiger partial charge in [-0.05, 0) is 51.0 Å². The molecule has 0 spiro atoms. The number of aromatic nitrogens is 5. The molecule has 3 heterocycles. The monoisotopic (exact) mass is 550 g/mol. The van der Waals surface area contributed by atoms with Gasteiger partial charge in [-0.2, -0.15) is 10.2 Å². The van der Waals surface area contributed by atoms with E-state index in [1.165, 1.54) is 47.4 Å². The summed E-state index contributed by atoms with van der Waals surface area (Å²) in [6, 6.07) is 6.79. The highest BCUT2D eigenvalue weighted by Crippen LogP contribution is 2.31. The Balaban J connectivity index is 1.71. The molecule has 0 aliphatic heterocycles. The lowest BCUT2D eigenvalue weighted by molar-refractivity contribution is -0.390. The molecule has 1 aromatic carbocycles. The second-order valence-corrected chi connectivity index (χ2v) is 8.43. The quantitative estimate of drug-likeness (QED) is 0.251. The maximum absolute atomic E-state index is 14.1. The molecule has 0 saturated heterocycles. The first-order valence-corrected chi connectivity index (χ1v) is 11.1. The van der Waals surface area contributed by atoms with E-state index < -0.39 is 22.7 Å². The highest BCUT2D eigenvalue weighted by molar-refractivity contribution is 9.10. The first kappa shape index (κ1) is 23.8. The Kier molecular flexibility index (Phi) is 6.91. The molecule has 0 bridgehead atoms. The minimum atomic E-state index is -1.12. The first-order chi connectivity index (χ1) is 16.3. The molecule has 3 aromatic heterocycles. The Bertz CT molecular complexity index is 1360. The van der Waals surface area contributed by atoms with Crippen LogP contribution < -0.4 is 4.74 Å². The van der Waals surface area contributed by atoms with E-state index >= 15 is 0 Å². The van der Waals surface area contributed by atoms with Gasteiger partial charge in [0, 0.05) is 36.0 Å². The number of aryl methyl sites for hydroxylation is 1. The van der Waals surface area contributed by atoms with Crippen molar-refractivity contribution >= 4 is 33.3 Å². The molecule has 4 rings (SSSR count). The van der Waals surface area contributed by atoms with Crippen molar-refractivity contribution < 1.29 is 19.2 Å². The fourth-order valence-corrected chi connectivity index (χ4v) is 3.80. The second-order valence-electron chi connectivity index (χ2n) is 7.13. The van der Waals surface area contributed by atoms with E-state index in [-0.39, 0.29) is 17.5 Å². The van der Waals surface area contributed by atoms with Gasteiger partial charge < -0.3 is 20.0 Å². The third-order valence-electron chi connectivity index (χ3n) is 4.91. The number of rotatable bonds is 8. The van der Waals surface area contributed by atoms with Crippen LogP contribution in [0.1, 0.15) is 29.8 Å². The summed E-state index contributed by atoms with van der Waals surface area (Å²) in [7, 11) is 0. The Morgan fingerprint density at radius 3 is 2.82 bits per heavy atom. The summed E-state index contributed by atoms with van der Waals surface area (Å²) in [5.74, 6) is -1.12. The van der Waals surface area contributed by atoms with Crippen LogP contribution in [0.4, 0.5) is 10.2 Å². The van der Waals surface area contributed by atoms with Gasteiger partial charge in [0.05, 0.1) is 22.1 Å². The predicted molar refractivity (Wildman–Crippen MR) is 123 cm³/mol. The Labute approximate surface area is 205 Å². The van der Waals surface area contributed by atoms with Crippen molar-refractivity contribution in [1.82, 2.24) is 24.5 Å². The van der Waals surface area contributed by atoms with E-state index in [4.69, 9.17) is 16.3 Å². The topological polar surface area (TPSA) is 121 Å². The number of nitrogens with zero attached hydrogens (tertiary/aromatic N) is 6. The molecule has 1 atom stereocenters. The Hall–Kier alpha value is -3.35. The third-order valence-corrected chi connectivity index (χ3v) is 5.52. The van der Waals surface area contributed by atoms with Crippen LogP contribution in [0, 0.1) is 15.9 Å². The van der Waals surface area contributed by atoms with Gasteiger partial charge >= 0.3 is 5.82 Å². The van der Waals surface area contributed by atoms with Crippen LogP contribution in [-0.4, -0.2) is 34.6 Å². The number of benzene rings is 1. The molecule has 0 saturated carbocycles. The minimum Gasteiger partial charge on any atom is -0.481 e. The summed E-state index contributed by atoms with van der Waals surface area (Å²) in [4.78, 5) is 14.4. The minimum absolute atomic E-state index is 0.0969. The number of aliphatic hydroxyl groups is 1. The van der Waals surface area contributed by atoms with E-state index in [1.807, 2.05) is 6.92 Å². The van der Waals surface area contributed by atoms with E-state index in [2.05, 4.69) is 31.1 Å². The van der Waals surface area contributed by atoms with Crippen molar-refractivity contribution in [2.24, 2.45) is 0 Å². The van der Waals surface area contributed by atoms with Crippen molar-refractivity contribution in [2.45, 2.75) is 26.2 Å². The number of aliphatic hydroxyl groups excluding tert-OH is 1. The van der Waals surface area contributed by atoms with Crippen molar-refractivity contribution in [3.8, 4) is 11.4 Å². The molecule has 34 heavy (non-hydrogen) atoms. The lowest BCUT2D eigenvalue weighted by Crippen LogP contribution is -2.12. The van der Waals surface area contributed by atoms with Crippen molar-refractivity contribution in [3.05, 3.63) is 91.3 Å². The smallest absolute Gasteiger partial charge is 0.406 e. The number of pyridine rings is 1. The molecular formula is C21H17BrClFN6O4. The molecule has 176 valence electrons. The predicted octanol–water partition coefficient (Wildman–Crippen LogP) is 4.61.